The Bertz CT molecular complexity index is 1690. The van der Waals surface area contributed by atoms with E-state index in [1.165, 1.54) is 22.5 Å². The van der Waals surface area contributed by atoms with Crippen LogP contribution in [-0.2, 0) is 25.4 Å². The molecule has 3 aromatic heterocycles. The maximum Gasteiger partial charge on any atom is 0.332 e. The number of aryl methyl sites for hydroxylation is 2. The number of fused-ring (bicyclic) bond motifs is 2. The molecule has 0 spiro atoms. The van der Waals surface area contributed by atoms with Crippen LogP contribution in [0.5, 0.6) is 0 Å². The number of halogens is 1. The zero-order valence-corrected chi connectivity index (χ0v) is 19.9. The number of para-hydroxylation sites is 1. The lowest BCUT2D eigenvalue weighted by Gasteiger charge is -2.19. The van der Waals surface area contributed by atoms with Crippen molar-refractivity contribution in [1.29, 1.82) is 0 Å². The highest BCUT2D eigenvalue weighted by molar-refractivity contribution is 6.31. The summed E-state index contributed by atoms with van der Waals surface area (Å²) in [6.07, 6.45) is 3.38. The van der Waals surface area contributed by atoms with E-state index >= 15 is 0 Å². The molecule has 0 radical (unpaired) electrons. The van der Waals surface area contributed by atoms with Crippen LogP contribution < -0.4 is 16.6 Å². The van der Waals surface area contributed by atoms with Gasteiger partial charge in [-0.25, -0.2) is 14.3 Å². The minimum absolute atomic E-state index is 0.230. The summed E-state index contributed by atoms with van der Waals surface area (Å²) in [7, 11) is 3.19. The van der Waals surface area contributed by atoms with Gasteiger partial charge in [-0.05, 0) is 23.3 Å². The van der Waals surface area contributed by atoms with Gasteiger partial charge in [0.15, 0.2) is 11.2 Å². The molecular formula is C25H23ClN6O3. The molecule has 0 fully saturated rings. The lowest BCUT2D eigenvalue weighted by atomic mass is 9.90. The number of hydrogen-bond donors (Lipinski definition) is 2. The zero-order valence-electron chi connectivity index (χ0n) is 19.2. The van der Waals surface area contributed by atoms with Gasteiger partial charge in [-0.2, -0.15) is 0 Å². The summed E-state index contributed by atoms with van der Waals surface area (Å²) >= 11 is 6.53. The van der Waals surface area contributed by atoms with Crippen molar-refractivity contribution < 1.29 is 4.79 Å². The quantitative estimate of drug-likeness (QED) is 0.381. The fourth-order valence-electron chi connectivity index (χ4n) is 4.48. The van der Waals surface area contributed by atoms with E-state index in [9.17, 15) is 14.4 Å². The molecule has 0 aliphatic rings. The Morgan fingerprint density at radius 3 is 2.63 bits per heavy atom. The first kappa shape index (κ1) is 22.7. The fourth-order valence-corrected chi connectivity index (χ4v) is 4.75. The van der Waals surface area contributed by atoms with Crippen LogP contribution in [0.25, 0.3) is 22.1 Å². The molecule has 9 nitrogen and oxygen atoms in total. The number of aromatic amines is 1. The number of benzene rings is 2. The molecule has 178 valence electrons. The van der Waals surface area contributed by atoms with Crippen LogP contribution in [0, 0.1) is 0 Å². The van der Waals surface area contributed by atoms with Gasteiger partial charge in [0.2, 0.25) is 5.91 Å². The van der Waals surface area contributed by atoms with Crippen molar-refractivity contribution in [1.82, 2.24) is 29.0 Å². The smallest absolute Gasteiger partial charge is 0.332 e. The number of amides is 1. The van der Waals surface area contributed by atoms with E-state index < -0.39 is 23.7 Å². The van der Waals surface area contributed by atoms with E-state index in [-0.39, 0.29) is 23.6 Å². The fraction of sp³-hybridized carbons (Fsp3) is 0.200. The van der Waals surface area contributed by atoms with Gasteiger partial charge in [0.1, 0.15) is 6.54 Å². The molecule has 5 rings (SSSR count). The van der Waals surface area contributed by atoms with Gasteiger partial charge in [0, 0.05) is 48.7 Å². The lowest BCUT2D eigenvalue weighted by Crippen LogP contribution is -2.44. The average Bonchev–Trinajstić information content (AvgIpc) is 3.46. The second-order valence-electron chi connectivity index (χ2n) is 8.43. The summed E-state index contributed by atoms with van der Waals surface area (Å²) in [4.78, 5) is 46.0. The van der Waals surface area contributed by atoms with Gasteiger partial charge in [-0.3, -0.25) is 14.2 Å². The van der Waals surface area contributed by atoms with Crippen LogP contribution in [0.1, 0.15) is 17.0 Å². The molecule has 10 heteroatoms. The predicted molar refractivity (Wildman–Crippen MR) is 135 cm³/mol. The van der Waals surface area contributed by atoms with Crippen molar-refractivity contribution in [2.45, 2.75) is 12.5 Å². The van der Waals surface area contributed by atoms with Crippen molar-refractivity contribution in [3.05, 3.63) is 98.0 Å². The number of nitrogens with zero attached hydrogens (tertiary/aromatic N) is 4. The van der Waals surface area contributed by atoms with Crippen LogP contribution in [0.4, 0.5) is 0 Å². The largest absolute Gasteiger partial charge is 0.361 e. The maximum absolute atomic E-state index is 13.0. The number of rotatable bonds is 6. The lowest BCUT2D eigenvalue weighted by molar-refractivity contribution is -0.121. The van der Waals surface area contributed by atoms with Crippen molar-refractivity contribution in [2.24, 2.45) is 14.1 Å². The molecule has 1 amide bonds. The van der Waals surface area contributed by atoms with Crippen LogP contribution in [0.2, 0.25) is 5.02 Å². The van der Waals surface area contributed by atoms with Crippen molar-refractivity contribution in [2.75, 3.05) is 6.54 Å². The number of H-pyrrole nitrogens is 1. The van der Waals surface area contributed by atoms with Crippen molar-refractivity contribution >= 4 is 39.6 Å². The Balaban J connectivity index is 1.46. The summed E-state index contributed by atoms with van der Waals surface area (Å²) in [5.41, 5.74) is 2.20. The highest BCUT2D eigenvalue weighted by atomic mass is 35.5. The molecular weight excluding hydrogens is 468 g/mol. The van der Waals surface area contributed by atoms with Crippen molar-refractivity contribution in [3.63, 3.8) is 0 Å². The molecule has 0 saturated heterocycles. The van der Waals surface area contributed by atoms with E-state index in [1.54, 1.807) is 7.05 Å². The second-order valence-corrected chi connectivity index (χ2v) is 8.84. The molecule has 3 heterocycles. The number of carbonyl (C=O) groups is 1. The van der Waals surface area contributed by atoms with Gasteiger partial charge in [-0.15, -0.1) is 0 Å². The summed E-state index contributed by atoms with van der Waals surface area (Å²) in [6.45, 7) is -0.177. The summed E-state index contributed by atoms with van der Waals surface area (Å²) in [6, 6.07) is 15.4. The van der Waals surface area contributed by atoms with Crippen LogP contribution in [0.3, 0.4) is 0 Å². The Labute approximate surface area is 204 Å². The number of hydrogen-bond acceptors (Lipinski definition) is 4. The SMILES string of the molecule is Cn1cnc2c1c(=O)n(CC(=O)NCC(c1ccccc1Cl)c1c[nH]c3ccccc13)c(=O)n2C. The molecule has 0 bridgehead atoms. The highest BCUT2D eigenvalue weighted by Gasteiger charge is 2.22. The third-order valence-corrected chi connectivity index (χ3v) is 6.63. The number of aromatic nitrogens is 5. The third-order valence-electron chi connectivity index (χ3n) is 6.28. The highest BCUT2D eigenvalue weighted by Crippen LogP contribution is 2.34. The summed E-state index contributed by atoms with van der Waals surface area (Å²) < 4.78 is 3.73. The molecule has 1 unspecified atom stereocenters. The average molecular weight is 491 g/mol. The number of imidazole rings is 1. The minimum atomic E-state index is -0.601. The van der Waals surface area contributed by atoms with Crippen LogP contribution >= 0.6 is 11.6 Å². The standard InChI is InChI=1S/C25H23ClN6O3/c1-30-14-29-23-22(30)24(34)32(25(35)31(23)2)13-21(33)28-12-17(15-7-3-5-9-19(15)26)18-11-27-20-10-6-4-8-16(18)20/h3-11,14,17,27H,12-13H2,1-2H3,(H,28,33). The first-order valence-electron chi connectivity index (χ1n) is 11.0. The second kappa shape index (κ2) is 8.92. The first-order valence-corrected chi connectivity index (χ1v) is 11.4. The molecule has 2 aromatic carbocycles. The molecule has 0 aliphatic carbocycles. The van der Waals surface area contributed by atoms with E-state index in [0.29, 0.717) is 5.02 Å². The molecule has 0 aliphatic heterocycles. The Morgan fingerprint density at radius 1 is 1.09 bits per heavy atom. The maximum atomic E-state index is 13.0. The Kier molecular flexibility index (Phi) is 5.78. The van der Waals surface area contributed by atoms with Gasteiger partial charge >= 0.3 is 5.69 Å². The monoisotopic (exact) mass is 490 g/mol. The summed E-state index contributed by atoms with van der Waals surface area (Å²) in [5.74, 6) is -0.703. The molecule has 1 atom stereocenters. The topological polar surface area (TPSA) is 107 Å². The van der Waals surface area contributed by atoms with E-state index in [2.05, 4.69) is 15.3 Å². The van der Waals surface area contributed by atoms with Crippen LogP contribution in [0.15, 0.2) is 70.6 Å². The first-order chi connectivity index (χ1) is 16.9. The molecule has 35 heavy (non-hydrogen) atoms. The van der Waals surface area contributed by atoms with Gasteiger partial charge in [-0.1, -0.05) is 48.0 Å². The Morgan fingerprint density at radius 2 is 1.83 bits per heavy atom. The molecule has 2 N–H and O–H groups in total. The third kappa shape index (κ3) is 3.93. The van der Waals surface area contributed by atoms with Crippen LogP contribution in [-0.4, -0.2) is 36.1 Å². The Hall–Kier alpha value is -4.11. The minimum Gasteiger partial charge on any atom is -0.361 e. The number of nitrogens with one attached hydrogen (secondary N) is 2. The molecule has 5 aromatic rings. The summed E-state index contributed by atoms with van der Waals surface area (Å²) in [5, 5.41) is 4.51. The molecule has 0 saturated carbocycles. The predicted octanol–water partition coefficient (Wildman–Crippen LogP) is 2.52. The zero-order chi connectivity index (χ0) is 24.7. The van der Waals surface area contributed by atoms with E-state index in [1.807, 2.05) is 54.7 Å². The van der Waals surface area contributed by atoms with E-state index in [0.717, 1.165) is 26.6 Å². The van der Waals surface area contributed by atoms with Gasteiger partial charge < -0.3 is 14.9 Å². The van der Waals surface area contributed by atoms with E-state index in [4.69, 9.17) is 11.6 Å². The van der Waals surface area contributed by atoms with Gasteiger partial charge in [0.05, 0.1) is 6.33 Å². The number of carbonyl (C=O) groups excluding carboxylic acids is 1. The normalized spacial score (nSPS) is 12.3. The van der Waals surface area contributed by atoms with Crippen molar-refractivity contribution in [3.8, 4) is 0 Å². The van der Waals surface area contributed by atoms with Gasteiger partial charge in [0.25, 0.3) is 5.56 Å².